The van der Waals surface area contributed by atoms with Gasteiger partial charge in [-0.3, -0.25) is 39.3 Å². The first-order valence-corrected chi connectivity index (χ1v) is 36.6. The van der Waals surface area contributed by atoms with Gasteiger partial charge in [0, 0.05) is 160 Å². The molecule has 4 aliphatic rings. The number of carbonyl (C=O) groups excluding carboxylic acids is 4. The molecular weight excluding hydrogens is 1370 g/mol. The maximum Gasteiger partial charge on any atom is 0.409 e. The number of pyridine rings is 4. The SMILES string of the molecule is CCCOCCOC(=O)N1CCN(Cc2ccc(-c3cc4nccc(Oc5ccc(CC(=O)CC6CC6)cc5F)c4s3)nc2)CC1.COCCOCCO.COCCOCCOC(=O)Cl.O=C(Cc1ccc(Oc2ccnc3cc(-c4ccc(CN5CCNCC5)cn4)sc23)c(F)c1)CC1CC1. The molecule has 2 saturated heterocycles. The Hall–Kier alpha value is -7.57. The van der Waals surface area contributed by atoms with Crippen LogP contribution < -0.4 is 14.8 Å². The summed E-state index contributed by atoms with van der Waals surface area (Å²) in [6.07, 6.45) is 14.0. The second-order valence-electron chi connectivity index (χ2n) is 24.9. The fourth-order valence-corrected chi connectivity index (χ4v) is 13.1. The van der Waals surface area contributed by atoms with E-state index in [1.165, 1.54) is 40.4 Å². The molecule has 102 heavy (non-hydrogen) atoms. The van der Waals surface area contributed by atoms with Gasteiger partial charge in [-0.05, 0) is 115 Å². The quantitative estimate of drug-likeness (QED) is 0.0281. The lowest BCUT2D eigenvalue weighted by Crippen LogP contribution is -2.48. The number of aliphatic hydroxyl groups is 1. The van der Waals surface area contributed by atoms with Crippen LogP contribution in [-0.4, -0.2) is 202 Å². The van der Waals surface area contributed by atoms with Gasteiger partial charge >= 0.3 is 11.5 Å². The Bertz CT molecular complexity index is 3900. The van der Waals surface area contributed by atoms with Gasteiger partial charge in [-0.25, -0.2) is 18.4 Å². The molecule has 12 rings (SSSR count). The van der Waals surface area contributed by atoms with Crippen molar-refractivity contribution in [1.82, 2.24) is 40.0 Å². The number of fused-ring (bicyclic) bond motifs is 2. The van der Waals surface area contributed by atoms with Crippen LogP contribution in [0.2, 0.25) is 0 Å². The van der Waals surface area contributed by atoms with Gasteiger partial charge in [-0.1, -0.05) is 31.2 Å². The number of amides is 1. The predicted molar refractivity (Wildman–Crippen MR) is 388 cm³/mol. The number of ether oxygens (including phenoxy) is 9. The number of carbonyl (C=O) groups is 4. The molecule has 4 fully saturated rings. The van der Waals surface area contributed by atoms with Crippen LogP contribution in [-0.2, 0) is 68.7 Å². The van der Waals surface area contributed by atoms with Crippen LogP contribution in [0.5, 0.6) is 23.0 Å². The van der Waals surface area contributed by atoms with Gasteiger partial charge in [0.1, 0.15) is 36.3 Å². The van der Waals surface area contributed by atoms with E-state index in [9.17, 15) is 28.0 Å². The molecule has 0 atom stereocenters. The molecule has 2 aliphatic heterocycles. The summed E-state index contributed by atoms with van der Waals surface area (Å²) < 4.78 is 77.8. The van der Waals surface area contributed by atoms with Gasteiger partial charge in [0.25, 0.3) is 0 Å². The van der Waals surface area contributed by atoms with E-state index in [0.717, 1.165) is 132 Å². The first kappa shape index (κ1) is 78.6. The highest BCUT2D eigenvalue weighted by atomic mass is 35.5. The minimum atomic E-state index is -0.805. The van der Waals surface area contributed by atoms with Crippen LogP contribution in [0.4, 0.5) is 18.4 Å². The van der Waals surface area contributed by atoms with Crippen LogP contribution in [0.3, 0.4) is 0 Å². The summed E-state index contributed by atoms with van der Waals surface area (Å²) in [5.74, 6) is 1.72. The maximum atomic E-state index is 15.0. The van der Waals surface area contributed by atoms with Crippen molar-refractivity contribution in [2.24, 2.45) is 11.8 Å². The number of rotatable bonds is 34. The number of halogens is 3. The van der Waals surface area contributed by atoms with Gasteiger partial charge in [0.05, 0.1) is 94.4 Å². The Kier molecular flexibility index (Phi) is 32.6. The highest BCUT2D eigenvalue weighted by Gasteiger charge is 2.27. The lowest BCUT2D eigenvalue weighted by molar-refractivity contribution is -0.119. The van der Waals surface area contributed by atoms with Crippen molar-refractivity contribution >= 4 is 77.8 Å². The molecule has 2 saturated carbocycles. The standard InChI is InChI=1S/C35H39FN4O5S.C29H29FN4O2S.C6H11ClO4.C5H12O3/c1-2-15-43-16-17-44-35(42)40-13-11-39(12-14-40)23-26-5-7-29(38-22-26)33-21-30-34(46-33)32(9-10-37-30)45-31-8-6-25(20-28(31)36)19-27(41)18-24-3-4-24;30-23-15-20(14-22(35)13-19-1-2-19)4-6-26(23)36-27-7-8-32-25-16-28(37-29(25)27)24-5-3-21(17-33-24)18-34-11-9-31-10-12-34;1-9-2-3-10-4-5-11-6(7)8;1-7-4-5-8-3-2-6/h5-10,20-22,24H,2-4,11-19,23H2,1H3;3-8,15-17,19,31H,1-2,9-14,18H2;2-5H2,1H3;6H,2-5H2,1H3. The third kappa shape index (κ3) is 26.6. The number of hydrogen-bond donors (Lipinski definition) is 2. The summed E-state index contributed by atoms with van der Waals surface area (Å²) in [5.41, 5.74) is 6.05. The first-order chi connectivity index (χ1) is 49.7. The van der Waals surface area contributed by atoms with E-state index in [-0.39, 0.29) is 61.8 Å². The molecule has 2 N–H and O–H groups in total. The van der Waals surface area contributed by atoms with Crippen LogP contribution in [0.15, 0.2) is 110 Å². The molecule has 8 aromatic rings. The van der Waals surface area contributed by atoms with Crippen LogP contribution in [0.25, 0.3) is 41.6 Å². The van der Waals surface area contributed by atoms with E-state index in [1.54, 1.807) is 67.9 Å². The van der Waals surface area contributed by atoms with Crippen LogP contribution in [0.1, 0.15) is 74.1 Å². The molecule has 0 bridgehead atoms. The number of thiophene rings is 2. The van der Waals surface area contributed by atoms with Crippen molar-refractivity contribution in [1.29, 1.82) is 0 Å². The van der Waals surface area contributed by atoms with Crippen molar-refractivity contribution in [3.8, 4) is 44.1 Å². The second-order valence-corrected chi connectivity index (χ2v) is 27.3. The fraction of sp³-hybridized carbons (Fsp3) is 0.467. The highest BCUT2D eigenvalue weighted by Crippen LogP contribution is 2.42. The summed E-state index contributed by atoms with van der Waals surface area (Å²) in [7, 11) is 3.20. The van der Waals surface area contributed by atoms with E-state index in [4.69, 9.17) is 59.8 Å². The molecule has 2 aromatic carbocycles. The highest BCUT2D eigenvalue weighted by molar-refractivity contribution is 7.23. The Labute approximate surface area is 606 Å². The largest absolute Gasteiger partial charge is 0.453 e. The molecule has 0 unspecified atom stereocenters. The van der Waals surface area contributed by atoms with Crippen molar-refractivity contribution in [3.05, 3.63) is 144 Å². The Morgan fingerprint density at radius 2 is 1.00 bits per heavy atom. The second kappa shape index (κ2) is 42.3. The first-order valence-electron chi connectivity index (χ1n) is 34.6. The molecule has 6 aromatic heterocycles. The van der Waals surface area contributed by atoms with E-state index in [2.05, 4.69) is 46.7 Å². The fourth-order valence-electron chi connectivity index (χ4n) is 10.9. The van der Waals surface area contributed by atoms with Gasteiger partial charge in [0.15, 0.2) is 23.1 Å². The lowest BCUT2D eigenvalue weighted by Gasteiger charge is -2.34. The zero-order chi connectivity index (χ0) is 71.8. The number of piperazine rings is 2. The minimum Gasteiger partial charge on any atom is -0.453 e. The number of hydrogen-bond acceptors (Lipinski definition) is 23. The number of methoxy groups -OCH3 is 2. The number of ketones is 2. The van der Waals surface area contributed by atoms with E-state index in [1.807, 2.05) is 43.6 Å². The number of aliphatic hydroxyl groups excluding tert-OH is 1. The van der Waals surface area contributed by atoms with Gasteiger partial charge in [-0.2, -0.15) is 0 Å². The summed E-state index contributed by atoms with van der Waals surface area (Å²) in [6, 6.07) is 25.2. The van der Waals surface area contributed by atoms with E-state index in [0.29, 0.717) is 113 Å². The van der Waals surface area contributed by atoms with Crippen molar-refractivity contribution in [3.63, 3.8) is 0 Å². The number of nitrogens with one attached hydrogen (secondary N) is 1. The van der Waals surface area contributed by atoms with Crippen molar-refractivity contribution in [2.45, 2.75) is 77.8 Å². The van der Waals surface area contributed by atoms with Gasteiger partial charge in [-0.15, -0.1) is 22.7 Å². The monoisotopic (exact) mass is 1460 g/mol. The molecule has 22 nitrogen and oxygen atoms in total. The number of nitrogens with zero attached hydrogens (tertiary/aromatic N) is 7. The molecule has 0 radical (unpaired) electrons. The van der Waals surface area contributed by atoms with Gasteiger partial charge < -0.3 is 58.0 Å². The smallest absolute Gasteiger partial charge is 0.409 e. The van der Waals surface area contributed by atoms with Crippen molar-refractivity contribution < 1.29 is 75.7 Å². The molecule has 27 heteroatoms. The number of aromatic nitrogens is 4. The summed E-state index contributed by atoms with van der Waals surface area (Å²) in [5, 5.41) is 11.6. The molecule has 1 amide bonds. The van der Waals surface area contributed by atoms with Crippen molar-refractivity contribution in [2.75, 3.05) is 139 Å². The van der Waals surface area contributed by atoms with Crippen LogP contribution in [0, 0.1) is 23.5 Å². The molecular formula is C75H91ClF2N8O14S2. The third-order valence-electron chi connectivity index (χ3n) is 16.6. The molecule has 2 aliphatic carbocycles. The average molecular weight is 1470 g/mol. The maximum absolute atomic E-state index is 15.0. The molecule has 8 heterocycles. The summed E-state index contributed by atoms with van der Waals surface area (Å²) >= 11 is 7.90. The molecule has 548 valence electrons. The Balaban J connectivity index is 0.000000192. The number of Topliss-reactive ketones (excluding diaryl/α,β-unsaturated/α-hetero) is 2. The Morgan fingerprint density at radius 3 is 1.44 bits per heavy atom. The normalized spacial score (nSPS) is 14.6. The van der Waals surface area contributed by atoms with E-state index >= 15 is 0 Å². The summed E-state index contributed by atoms with van der Waals surface area (Å²) in [4.78, 5) is 73.5. The lowest BCUT2D eigenvalue weighted by atomic mass is 10.0. The minimum absolute atomic E-state index is 0.0870. The third-order valence-corrected chi connectivity index (χ3v) is 19.0. The summed E-state index contributed by atoms with van der Waals surface area (Å²) in [6.45, 7) is 15.2. The average Bonchev–Trinajstić information content (AvgIpc) is 1.65. The number of benzene rings is 2. The molecule has 0 spiro atoms. The zero-order valence-electron chi connectivity index (χ0n) is 58.1. The van der Waals surface area contributed by atoms with Gasteiger partial charge in [0.2, 0.25) is 0 Å². The topological polar surface area (TPSA) is 245 Å². The Morgan fingerprint density at radius 1 is 0.539 bits per heavy atom. The zero-order valence-corrected chi connectivity index (χ0v) is 60.5. The van der Waals surface area contributed by atoms with Crippen LogP contribution >= 0.6 is 34.3 Å². The van der Waals surface area contributed by atoms with E-state index < -0.39 is 17.1 Å². The predicted octanol–water partition coefficient (Wildman–Crippen LogP) is 13.2.